The predicted molar refractivity (Wildman–Crippen MR) is 203 cm³/mol. The molecule has 14 atom stereocenters. The van der Waals surface area contributed by atoms with Crippen LogP contribution in [-0.4, -0.2) is 119 Å². The normalized spacial score (nSPS) is 50.1. The molecule has 298 valence electrons. The molecule has 5 saturated carbocycles. The lowest BCUT2D eigenvalue weighted by atomic mass is 9.43. The molecular weight excluding hydrogens is 654 g/mol. The van der Waals surface area contributed by atoms with E-state index < -0.39 is 23.3 Å². The van der Waals surface area contributed by atoms with Crippen LogP contribution in [0.25, 0.3) is 0 Å². The summed E-state index contributed by atoms with van der Waals surface area (Å²) in [4.78, 5) is 5.29. The van der Waals surface area contributed by atoms with Crippen molar-refractivity contribution in [2.45, 2.75) is 187 Å². The molecule has 4 N–H and O–H groups in total. The number of aliphatic hydroxyl groups is 2. The van der Waals surface area contributed by atoms with Gasteiger partial charge in [0.15, 0.2) is 6.29 Å². The molecule has 0 amide bonds. The zero-order valence-electron chi connectivity index (χ0n) is 34.2. The lowest BCUT2D eigenvalue weighted by Crippen LogP contribution is -2.70. The van der Waals surface area contributed by atoms with Crippen LogP contribution in [0.1, 0.15) is 127 Å². The molecule has 2 spiro atoms. The monoisotopic (exact) mass is 730 g/mol. The summed E-state index contributed by atoms with van der Waals surface area (Å²) in [6.07, 6.45) is 9.52. The summed E-state index contributed by atoms with van der Waals surface area (Å²) in [7, 11) is 0. The first-order chi connectivity index (χ1) is 24.4. The second-order valence-electron chi connectivity index (χ2n) is 21.0. The van der Waals surface area contributed by atoms with Crippen molar-refractivity contribution in [3.8, 4) is 0 Å². The van der Waals surface area contributed by atoms with Gasteiger partial charge in [0, 0.05) is 31.8 Å². The first-order valence-corrected chi connectivity index (χ1v) is 21.7. The minimum Gasteiger partial charge on any atom is -0.388 e. The summed E-state index contributed by atoms with van der Waals surface area (Å²) in [6, 6.07) is 1.27. The summed E-state index contributed by atoms with van der Waals surface area (Å²) in [5, 5.41) is 23.6. The van der Waals surface area contributed by atoms with Gasteiger partial charge in [-0.15, -0.1) is 0 Å². The Balaban J connectivity index is 0.976. The number of hydrogen-bond acceptors (Lipinski definition) is 9. The van der Waals surface area contributed by atoms with Crippen LogP contribution in [0.2, 0.25) is 0 Å². The van der Waals surface area contributed by atoms with Gasteiger partial charge in [-0.3, -0.25) is 4.90 Å². The van der Waals surface area contributed by atoms with Gasteiger partial charge in [-0.2, -0.15) is 0 Å². The Bertz CT molecular complexity index is 1320. The molecule has 8 rings (SSSR count). The maximum absolute atomic E-state index is 12.5. The second kappa shape index (κ2) is 13.1. The Morgan fingerprint density at radius 2 is 1.65 bits per heavy atom. The molecule has 52 heavy (non-hydrogen) atoms. The predicted octanol–water partition coefficient (Wildman–Crippen LogP) is 5.58. The van der Waals surface area contributed by atoms with E-state index in [0.717, 1.165) is 51.8 Å². The highest BCUT2D eigenvalue weighted by Gasteiger charge is 2.85. The van der Waals surface area contributed by atoms with Gasteiger partial charge in [-0.25, -0.2) is 0 Å². The van der Waals surface area contributed by atoms with Gasteiger partial charge >= 0.3 is 0 Å². The zero-order chi connectivity index (χ0) is 37.2. The molecule has 8 fully saturated rings. The number of piperidine rings is 1. The van der Waals surface area contributed by atoms with Crippen LogP contribution in [0.3, 0.4) is 0 Å². The van der Waals surface area contributed by atoms with E-state index in [2.05, 4.69) is 51.3 Å². The molecular formula is C43H75N3O6. The van der Waals surface area contributed by atoms with Crippen molar-refractivity contribution in [3.05, 3.63) is 0 Å². The number of nitrogens with zero attached hydrogens (tertiary/aromatic N) is 2. The minimum absolute atomic E-state index is 0.0436. The van der Waals surface area contributed by atoms with Crippen molar-refractivity contribution >= 4 is 0 Å². The molecule has 9 heteroatoms. The second-order valence-corrected chi connectivity index (χ2v) is 21.0. The fraction of sp³-hybridized carbons (Fsp3) is 1.00. The fourth-order valence-corrected chi connectivity index (χ4v) is 15.3. The molecule has 0 aromatic carbocycles. The number of morpholine rings is 1. The highest BCUT2D eigenvalue weighted by atomic mass is 16.7. The van der Waals surface area contributed by atoms with Crippen LogP contribution < -0.4 is 5.73 Å². The van der Waals surface area contributed by atoms with Crippen molar-refractivity contribution in [2.24, 2.45) is 51.1 Å². The fourth-order valence-electron chi connectivity index (χ4n) is 15.3. The Kier molecular flexibility index (Phi) is 9.69. The number of nitrogens with two attached hydrogens (primary N) is 1. The van der Waals surface area contributed by atoms with Crippen LogP contribution in [0, 0.1) is 45.3 Å². The van der Waals surface area contributed by atoms with E-state index in [4.69, 9.17) is 24.7 Å². The van der Waals surface area contributed by atoms with Gasteiger partial charge in [0.05, 0.1) is 42.2 Å². The van der Waals surface area contributed by atoms with Crippen molar-refractivity contribution in [2.75, 3.05) is 39.4 Å². The van der Waals surface area contributed by atoms with Crippen molar-refractivity contribution in [3.63, 3.8) is 0 Å². The maximum Gasteiger partial charge on any atom is 0.170 e. The van der Waals surface area contributed by atoms with Gasteiger partial charge in [0.1, 0.15) is 6.10 Å². The highest BCUT2D eigenvalue weighted by molar-refractivity contribution is 5.35. The van der Waals surface area contributed by atoms with Crippen molar-refractivity contribution in [1.29, 1.82) is 0 Å². The molecule has 3 saturated heterocycles. The number of rotatable bonds is 8. The zero-order valence-corrected chi connectivity index (χ0v) is 34.2. The average Bonchev–Trinajstić information content (AvgIpc) is 3.72. The molecule has 3 heterocycles. The van der Waals surface area contributed by atoms with E-state index in [0.29, 0.717) is 30.5 Å². The Morgan fingerprint density at radius 1 is 0.962 bits per heavy atom. The van der Waals surface area contributed by atoms with Crippen LogP contribution in [-0.2, 0) is 18.9 Å². The summed E-state index contributed by atoms with van der Waals surface area (Å²) in [5.74, 6) is 1.38. The Morgan fingerprint density at radius 3 is 2.33 bits per heavy atom. The average molecular weight is 730 g/mol. The van der Waals surface area contributed by atoms with E-state index in [1.165, 1.54) is 45.2 Å². The van der Waals surface area contributed by atoms with Gasteiger partial charge in [-0.1, -0.05) is 27.7 Å². The highest BCUT2D eigenvalue weighted by Crippen LogP contribution is 2.87. The van der Waals surface area contributed by atoms with Crippen molar-refractivity contribution < 1.29 is 29.2 Å². The lowest BCUT2D eigenvalue weighted by Gasteiger charge is -2.63. The number of hydrogen-bond donors (Lipinski definition) is 3. The van der Waals surface area contributed by atoms with Crippen LogP contribution in [0.15, 0.2) is 0 Å². The van der Waals surface area contributed by atoms with E-state index in [1.54, 1.807) is 0 Å². The molecule has 0 aromatic rings. The standard InChI is InChI=1S/C43H75N3O6/c1-10-49-37(39(7,8)48)29-23-27(4)34-35(51-29)36(47)43(44)31-12-11-30-38(5,6)32(13-16-41(30)25-42(31,41)18-17-40(34,43)9)52-33-24-46(21-22-50-33)28-14-19-45(20-15-28)26(2)3/h26-37,47-48H,10-25,44H2,1-9H3/t27-,29?,30+,31?,32+,33+,34+,35?,36+,37+,40-,41-,42+,43+/m1/s1. The maximum atomic E-state index is 12.5. The van der Waals surface area contributed by atoms with E-state index in [-0.39, 0.29) is 58.1 Å². The smallest absolute Gasteiger partial charge is 0.170 e. The van der Waals surface area contributed by atoms with E-state index >= 15 is 0 Å². The molecule has 8 aliphatic rings. The third-order valence-corrected chi connectivity index (χ3v) is 17.8. The number of ether oxygens (including phenoxy) is 4. The van der Waals surface area contributed by atoms with Gasteiger partial charge in [-0.05, 0) is 157 Å². The number of likely N-dealkylation sites (tertiary alicyclic amines) is 1. The van der Waals surface area contributed by atoms with Crippen LogP contribution in [0.5, 0.6) is 0 Å². The number of aliphatic hydroxyl groups excluding tert-OH is 1. The summed E-state index contributed by atoms with van der Waals surface area (Å²) < 4.78 is 26.5. The van der Waals surface area contributed by atoms with Gasteiger partial charge in [0.2, 0.25) is 0 Å². The third kappa shape index (κ3) is 5.46. The van der Waals surface area contributed by atoms with E-state index in [9.17, 15) is 10.2 Å². The summed E-state index contributed by atoms with van der Waals surface area (Å²) >= 11 is 0. The first-order valence-electron chi connectivity index (χ1n) is 21.7. The number of fused-ring (bicyclic) bond motifs is 4. The molecule has 0 aromatic heterocycles. The largest absolute Gasteiger partial charge is 0.388 e. The quantitative estimate of drug-likeness (QED) is 0.295. The van der Waals surface area contributed by atoms with Crippen LogP contribution >= 0.6 is 0 Å². The van der Waals surface area contributed by atoms with E-state index in [1.807, 2.05) is 20.8 Å². The molecule has 9 nitrogen and oxygen atoms in total. The first kappa shape index (κ1) is 38.5. The molecule has 5 aliphatic carbocycles. The third-order valence-electron chi connectivity index (χ3n) is 17.8. The Labute approximate surface area is 315 Å². The molecule has 0 bridgehead atoms. The molecule has 0 radical (unpaired) electrons. The minimum atomic E-state index is -1.04. The Hall–Kier alpha value is -0.360. The summed E-state index contributed by atoms with van der Waals surface area (Å²) in [5.41, 5.74) is 6.44. The summed E-state index contributed by atoms with van der Waals surface area (Å²) in [6.45, 7) is 25.5. The van der Waals surface area contributed by atoms with Crippen LogP contribution in [0.4, 0.5) is 0 Å². The topological polar surface area (TPSA) is 110 Å². The van der Waals surface area contributed by atoms with Crippen molar-refractivity contribution in [1.82, 2.24) is 9.80 Å². The SMILES string of the molecule is CCO[C@@H](C1C[C@@H](C)[C@H]2C(O1)[C@H](O)[C@@]1(N)C3CC[C@H]4C(C)(C)[C@@H](O[C@H]5CN(C6CCN(C(C)C)CC6)CCO5)CC[C@@]45C[C@@]35CC[C@]21C)C(C)(C)O. The molecule has 3 aliphatic heterocycles. The molecule has 3 unspecified atom stereocenters. The van der Waals surface area contributed by atoms with Gasteiger partial charge in [0.25, 0.3) is 0 Å². The lowest BCUT2D eigenvalue weighted by molar-refractivity contribution is -0.249. The van der Waals surface area contributed by atoms with Gasteiger partial charge < -0.3 is 39.8 Å².